The topological polar surface area (TPSA) is 66.9 Å². The van der Waals surface area contributed by atoms with Crippen LogP contribution in [-0.4, -0.2) is 67.7 Å². The van der Waals surface area contributed by atoms with E-state index >= 15 is 0 Å². The van der Waals surface area contributed by atoms with E-state index in [1.54, 1.807) is 4.31 Å². The fourth-order valence-electron chi connectivity index (χ4n) is 3.74. The highest BCUT2D eigenvalue weighted by atomic mass is 32.2. The molecule has 0 unspecified atom stereocenters. The summed E-state index contributed by atoms with van der Waals surface area (Å²) in [6, 6.07) is 0. The van der Waals surface area contributed by atoms with E-state index in [0.29, 0.717) is 25.9 Å². The monoisotopic (exact) mass is 330 g/mol. The van der Waals surface area contributed by atoms with Gasteiger partial charge in [-0.15, -0.1) is 0 Å². The summed E-state index contributed by atoms with van der Waals surface area (Å²) in [5.74, 6) is 0.209. The number of sulfonamides is 1. The maximum absolute atomic E-state index is 12.6. The second-order valence-electron chi connectivity index (χ2n) is 6.66. The lowest BCUT2D eigenvalue weighted by atomic mass is 9.99. The van der Waals surface area contributed by atoms with Crippen LogP contribution in [0.15, 0.2) is 0 Å². The zero-order chi connectivity index (χ0) is 15.7. The molecule has 3 aliphatic rings. The Morgan fingerprint density at radius 2 is 1.95 bits per heavy atom. The van der Waals surface area contributed by atoms with Gasteiger partial charge in [0.05, 0.1) is 23.9 Å². The fraction of sp³-hybridized carbons (Fsp3) is 0.933. The highest BCUT2D eigenvalue weighted by molar-refractivity contribution is 7.89. The molecule has 2 bridgehead atoms. The van der Waals surface area contributed by atoms with Crippen molar-refractivity contribution in [1.29, 1.82) is 0 Å². The standard InChI is InChI=1S/C15H26N2O4S/c1-2-3-8-22(19,20)17-10-12-9-13(14(11-17)21-12)15(18)16-6-4-5-7-16/h12-14H,2-11H2,1H3/t12-,13+,14-/m0/s1. The molecule has 0 aromatic rings. The van der Waals surface area contributed by atoms with Gasteiger partial charge in [0.2, 0.25) is 15.9 Å². The predicted molar refractivity (Wildman–Crippen MR) is 82.8 cm³/mol. The summed E-state index contributed by atoms with van der Waals surface area (Å²) in [6.07, 6.45) is 3.99. The quantitative estimate of drug-likeness (QED) is 0.749. The first kappa shape index (κ1) is 16.2. The van der Waals surface area contributed by atoms with Gasteiger partial charge in [0.1, 0.15) is 0 Å². The zero-order valence-electron chi connectivity index (χ0n) is 13.2. The van der Waals surface area contributed by atoms with Crippen LogP contribution in [0.1, 0.15) is 39.0 Å². The molecule has 0 spiro atoms. The van der Waals surface area contributed by atoms with Crippen LogP contribution >= 0.6 is 0 Å². The van der Waals surface area contributed by atoms with Crippen LogP contribution < -0.4 is 0 Å². The Bertz CT molecular complexity index is 516. The smallest absolute Gasteiger partial charge is 0.228 e. The van der Waals surface area contributed by atoms with E-state index in [0.717, 1.165) is 32.4 Å². The maximum atomic E-state index is 12.6. The van der Waals surface area contributed by atoms with Crippen LogP contribution in [-0.2, 0) is 19.6 Å². The van der Waals surface area contributed by atoms with Gasteiger partial charge in [-0.2, -0.15) is 4.31 Å². The van der Waals surface area contributed by atoms with Crippen LogP contribution in [0.3, 0.4) is 0 Å². The molecule has 0 N–H and O–H groups in total. The van der Waals surface area contributed by atoms with Crippen molar-refractivity contribution in [1.82, 2.24) is 9.21 Å². The molecule has 22 heavy (non-hydrogen) atoms. The summed E-state index contributed by atoms with van der Waals surface area (Å²) >= 11 is 0. The van der Waals surface area contributed by atoms with E-state index in [4.69, 9.17) is 4.74 Å². The van der Waals surface area contributed by atoms with Crippen molar-refractivity contribution in [2.75, 3.05) is 31.9 Å². The van der Waals surface area contributed by atoms with Gasteiger partial charge in [-0.25, -0.2) is 8.42 Å². The molecular weight excluding hydrogens is 304 g/mol. The van der Waals surface area contributed by atoms with Crippen LogP contribution in [0.4, 0.5) is 0 Å². The third-order valence-corrected chi connectivity index (χ3v) is 6.90. The van der Waals surface area contributed by atoms with E-state index in [1.165, 1.54) is 0 Å². The average Bonchev–Trinajstić information content (AvgIpc) is 3.12. The zero-order valence-corrected chi connectivity index (χ0v) is 14.1. The number of carbonyl (C=O) groups excluding carboxylic acids is 1. The number of amides is 1. The summed E-state index contributed by atoms with van der Waals surface area (Å²) in [5, 5.41) is 0. The van der Waals surface area contributed by atoms with Gasteiger partial charge in [0, 0.05) is 26.2 Å². The van der Waals surface area contributed by atoms with Gasteiger partial charge in [-0.05, 0) is 25.7 Å². The van der Waals surface area contributed by atoms with Crippen LogP contribution in [0.2, 0.25) is 0 Å². The van der Waals surface area contributed by atoms with Gasteiger partial charge in [0.15, 0.2) is 0 Å². The summed E-state index contributed by atoms with van der Waals surface area (Å²) in [4.78, 5) is 14.5. The second-order valence-corrected chi connectivity index (χ2v) is 8.75. The first-order chi connectivity index (χ1) is 10.5. The Morgan fingerprint density at radius 1 is 1.23 bits per heavy atom. The molecular formula is C15H26N2O4S. The van der Waals surface area contributed by atoms with Crippen molar-refractivity contribution in [3.05, 3.63) is 0 Å². The average molecular weight is 330 g/mol. The second kappa shape index (κ2) is 6.45. The number of likely N-dealkylation sites (tertiary alicyclic amines) is 1. The van der Waals surface area contributed by atoms with E-state index in [1.807, 2.05) is 11.8 Å². The van der Waals surface area contributed by atoms with Crippen molar-refractivity contribution in [3.63, 3.8) is 0 Å². The van der Waals surface area contributed by atoms with Crippen LogP contribution in [0.25, 0.3) is 0 Å². The van der Waals surface area contributed by atoms with Crippen molar-refractivity contribution < 1.29 is 17.9 Å². The van der Waals surface area contributed by atoms with E-state index in [-0.39, 0.29) is 29.8 Å². The summed E-state index contributed by atoms with van der Waals surface area (Å²) in [6.45, 7) is 4.42. The molecule has 3 rings (SSSR count). The highest BCUT2D eigenvalue weighted by Crippen LogP contribution is 2.35. The number of ether oxygens (including phenoxy) is 1. The highest BCUT2D eigenvalue weighted by Gasteiger charge is 2.48. The maximum Gasteiger partial charge on any atom is 0.228 e. The van der Waals surface area contributed by atoms with Crippen LogP contribution in [0, 0.1) is 5.92 Å². The number of hydrogen-bond donors (Lipinski definition) is 0. The van der Waals surface area contributed by atoms with Gasteiger partial charge >= 0.3 is 0 Å². The molecule has 3 saturated heterocycles. The number of nitrogens with zero attached hydrogens (tertiary/aromatic N) is 2. The molecule has 1 amide bonds. The number of morpholine rings is 1. The number of rotatable bonds is 5. The summed E-state index contributed by atoms with van der Waals surface area (Å²) in [5.41, 5.74) is 0. The van der Waals surface area contributed by atoms with Gasteiger partial charge in [0.25, 0.3) is 0 Å². The summed E-state index contributed by atoms with van der Waals surface area (Å²) < 4.78 is 32.2. The Morgan fingerprint density at radius 3 is 2.64 bits per heavy atom. The lowest BCUT2D eigenvalue weighted by molar-refractivity contribution is -0.136. The molecule has 6 nitrogen and oxygen atoms in total. The Labute approximate surface area is 132 Å². The molecule has 7 heteroatoms. The van der Waals surface area contributed by atoms with Crippen molar-refractivity contribution in [2.45, 2.75) is 51.2 Å². The SMILES string of the molecule is CCCCS(=O)(=O)N1C[C@@H]2C[C@@H](C(=O)N3CCCC3)[C@H](C1)O2. The summed E-state index contributed by atoms with van der Waals surface area (Å²) in [7, 11) is -3.21. The van der Waals surface area contributed by atoms with E-state index < -0.39 is 10.0 Å². The third kappa shape index (κ3) is 3.16. The normalized spacial score (nSPS) is 32.6. The Kier molecular flexibility index (Phi) is 4.75. The number of carbonyl (C=O) groups is 1. The van der Waals surface area contributed by atoms with Crippen molar-refractivity contribution in [3.8, 4) is 0 Å². The first-order valence-electron chi connectivity index (χ1n) is 8.43. The molecule has 0 saturated carbocycles. The van der Waals surface area contributed by atoms with Crippen LogP contribution in [0.5, 0.6) is 0 Å². The van der Waals surface area contributed by atoms with Crippen molar-refractivity contribution in [2.24, 2.45) is 5.92 Å². The largest absolute Gasteiger partial charge is 0.371 e. The molecule has 3 heterocycles. The van der Waals surface area contributed by atoms with Gasteiger partial charge in [-0.3, -0.25) is 4.79 Å². The molecule has 3 aliphatic heterocycles. The number of hydrogen-bond acceptors (Lipinski definition) is 4. The minimum Gasteiger partial charge on any atom is -0.371 e. The molecule has 0 aliphatic carbocycles. The fourth-order valence-corrected chi connectivity index (χ4v) is 5.42. The molecule has 3 atom stereocenters. The lowest BCUT2D eigenvalue weighted by Crippen LogP contribution is -2.48. The third-order valence-electron chi connectivity index (χ3n) is 5.01. The number of unbranched alkanes of at least 4 members (excludes halogenated alkanes) is 1. The molecule has 3 fully saturated rings. The first-order valence-corrected chi connectivity index (χ1v) is 10.0. The number of fused-ring (bicyclic) bond motifs is 2. The van der Waals surface area contributed by atoms with Crippen molar-refractivity contribution >= 4 is 15.9 Å². The molecule has 0 radical (unpaired) electrons. The molecule has 126 valence electrons. The predicted octanol–water partition coefficient (Wildman–Crippen LogP) is 0.828. The Hall–Kier alpha value is -0.660. The van der Waals surface area contributed by atoms with E-state index in [2.05, 4.69) is 0 Å². The molecule has 0 aromatic heterocycles. The van der Waals surface area contributed by atoms with Gasteiger partial charge in [-0.1, -0.05) is 13.3 Å². The minimum absolute atomic E-state index is 0.119. The Balaban J connectivity index is 1.65. The lowest BCUT2D eigenvalue weighted by Gasteiger charge is -2.32. The van der Waals surface area contributed by atoms with E-state index in [9.17, 15) is 13.2 Å². The molecule has 0 aromatic carbocycles. The minimum atomic E-state index is -3.21. The van der Waals surface area contributed by atoms with Gasteiger partial charge < -0.3 is 9.64 Å².